The number of rotatable bonds is 6. The lowest BCUT2D eigenvalue weighted by molar-refractivity contribution is 0.845. The van der Waals surface area contributed by atoms with Gasteiger partial charge in [0.2, 0.25) is 5.13 Å². The molecule has 0 amide bonds. The molecule has 0 aliphatic carbocycles. The van der Waals surface area contributed by atoms with Crippen LogP contribution >= 0.6 is 11.3 Å². The highest BCUT2D eigenvalue weighted by molar-refractivity contribution is 7.20. The molecule has 0 spiro atoms. The Morgan fingerprint density at radius 3 is 2.65 bits per heavy atom. The minimum absolute atomic E-state index is 0.159. The first-order valence-corrected chi connectivity index (χ1v) is 11.9. The molecular formula is C27H21N5OS. The van der Waals surface area contributed by atoms with Crippen molar-refractivity contribution >= 4 is 38.7 Å². The normalized spacial score (nSPS) is 11.8. The Labute approximate surface area is 199 Å². The number of nitrogens with one attached hydrogen (secondary N) is 2. The Balaban J connectivity index is 1.35. The number of hydrogen-bond acceptors (Lipinski definition) is 4. The number of fused-ring (bicyclic) bond motifs is 2. The van der Waals surface area contributed by atoms with Crippen molar-refractivity contribution in [2.24, 2.45) is 4.99 Å². The summed E-state index contributed by atoms with van der Waals surface area (Å²) < 4.78 is 2.56. The molecule has 0 aliphatic rings. The molecule has 3 aromatic carbocycles. The van der Waals surface area contributed by atoms with Gasteiger partial charge in [0.25, 0.3) is 5.56 Å². The molecule has 3 heterocycles. The zero-order valence-electron chi connectivity index (χ0n) is 18.2. The van der Waals surface area contributed by atoms with Crippen molar-refractivity contribution in [1.82, 2.24) is 19.7 Å². The van der Waals surface area contributed by atoms with Gasteiger partial charge in [-0.25, -0.2) is 4.98 Å². The summed E-state index contributed by atoms with van der Waals surface area (Å²) in [5.74, 6) is 0. The van der Waals surface area contributed by atoms with Crippen LogP contribution in [0, 0.1) is 0 Å². The highest BCUT2D eigenvalue weighted by Gasteiger charge is 2.17. The fraction of sp³-hybridized carbons (Fsp3) is 0.0741. The fourth-order valence-corrected chi connectivity index (χ4v) is 5.09. The molecule has 2 N–H and O–H groups in total. The molecule has 6 rings (SSSR count). The van der Waals surface area contributed by atoms with E-state index >= 15 is 0 Å². The number of aromatic amines is 2. The molecule has 34 heavy (non-hydrogen) atoms. The van der Waals surface area contributed by atoms with Gasteiger partial charge in [0.15, 0.2) is 0 Å². The Kier molecular flexibility index (Phi) is 5.16. The maximum absolute atomic E-state index is 13.4. The van der Waals surface area contributed by atoms with E-state index in [4.69, 9.17) is 0 Å². The van der Waals surface area contributed by atoms with Crippen LogP contribution in [0.25, 0.3) is 37.5 Å². The molecule has 0 bridgehead atoms. The third kappa shape index (κ3) is 3.66. The topological polar surface area (TPSA) is 78.8 Å². The predicted molar refractivity (Wildman–Crippen MR) is 139 cm³/mol. The summed E-state index contributed by atoms with van der Waals surface area (Å²) in [6, 6.07) is 26.0. The van der Waals surface area contributed by atoms with E-state index < -0.39 is 0 Å². The molecule has 0 saturated heterocycles. The van der Waals surface area contributed by atoms with Gasteiger partial charge in [0.05, 0.1) is 21.5 Å². The van der Waals surface area contributed by atoms with E-state index in [1.165, 1.54) is 27.0 Å². The van der Waals surface area contributed by atoms with Crippen LogP contribution < -0.4 is 5.56 Å². The zero-order chi connectivity index (χ0) is 22.9. The second-order valence-corrected chi connectivity index (χ2v) is 9.03. The lowest BCUT2D eigenvalue weighted by Gasteiger charge is -1.99. The molecule has 0 atom stereocenters. The zero-order valence-corrected chi connectivity index (χ0v) is 19.0. The second-order valence-electron chi connectivity index (χ2n) is 8.02. The first-order valence-electron chi connectivity index (χ1n) is 11.1. The first-order chi connectivity index (χ1) is 16.8. The average Bonchev–Trinajstić information content (AvgIpc) is 3.58. The molecule has 0 fully saturated rings. The molecule has 3 aromatic heterocycles. The van der Waals surface area contributed by atoms with Gasteiger partial charge < -0.3 is 4.98 Å². The van der Waals surface area contributed by atoms with Gasteiger partial charge >= 0.3 is 0 Å². The van der Waals surface area contributed by atoms with Gasteiger partial charge in [0, 0.05) is 35.4 Å². The Bertz CT molecular complexity index is 1650. The second kappa shape index (κ2) is 8.61. The molecule has 0 radical (unpaired) electrons. The molecule has 7 heteroatoms. The number of thiazole rings is 1. The largest absolute Gasteiger partial charge is 0.361 e. The van der Waals surface area contributed by atoms with E-state index in [1.807, 2.05) is 72.9 Å². The Morgan fingerprint density at radius 2 is 1.76 bits per heavy atom. The SMILES string of the molecule is O=c1c(C=NCCc2c[nH]c3ccccc23)c(-c2ccccc2)[nH]n1-c1nc2ccccc2s1. The predicted octanol–water partition coefficient (Wildman–Crippen LogP) is 5.59. The van der Waals surface area contributed by atoms with Crippen LogP contribution in [0.15, 0.2) is 94.8 Å². The smallest absolute Gasteiger partial charge is 0.282 e. The number of aliphatic imine (C=N–C) groups is 1. The highest BCUT2D eigenvalue weighted by Crippen LogP contribution is 2.25. The van der Waals surface area contributed by atoms with Gasteiger partial charge in [-0.15, -0.1) is 0 Å². The van der Waals surface area contributed by atoms with Crippen LogP contribution in [0.1, 0.15) is 11.1 Å². The molecule has 6 nitrogen and oxygen atoms in total. The minimum atomic E-state index is -0.159. The molecular weight excluding hydrogens is 442 g/mol. The quantitative estimate of drug-likeness (QED) is 0.316. The summed E-state index contributed by atoms with van der Waals surface area (Å²) in [4.78, 5) is 26.0. The van der Waals surface area contributed by atoms with E-state index in [9.17, 15) is 4.79 Å². The summed E-state index contributed by atoms with van der Waals surface area (Å²) in [6.45, 7) is 0.585. The van der Waals surface area contributed by atoms with Crippen molar-refractivity contribution < 1.29 is 0 Å². The van der Waals surface area contributed by atoms with Crippen LogP contribution in [-0.2, 0) is 6.42 Å². The minimum Gasteiger partial charge on any atom is -0.361 e. The van der Waals surface area contributed by atoms with Crippen LogP contribution in [0.4, 0.5) is 0 Å². The number of aromatic nitrogens is 4. The molecule has 6 aromatic rings. The van der Waals surface area contributed by atoms with Crippen molar-refractivity contribution in [3.05, 3.63) is 107 Å². The van der Waals surface area contributed by atoms with Crippen LogP contribution in [-0.4, -0.2) is 32.5 Å². The Morgan fingerprint density at radius 1 is 0.971 bits per heavy atom. The monoisotopic (exact) mass is 463 g/mol. The maximum Gasteiger partial charge on any atom is 0.282 e. The van der Waals surface area contributed by atoms with Crippen molar-refractivity contribution in [3.8, 4) is 16.4 Å². The van der Waals surface area contributed by atoms with E-state index in [0.29, 0.717) is 17.2 Å². The van der Waals surface area contributed by atoms with Crippen molar-refractivity contribution in [2.75, 3.05) is 6.54 Å². The van der Waals surface area contributed by atoms with E-state index in [1.54, 1.807) is 6.21 Å². The Hall–Kier alpha value is -4.23. The maximum atomic E-state index is 13.4. The third-order valence-corrected chi connectivity index (χ3v) is 6.89. The van der Waals surface area contributed by atoms with Gasteiger partial charge in [-0.2, -0.15) is 4.68 Å². The lowest BCUT2D eigenvalue weighted by atomic mass is 10.1. The summed E-state index contributed by atoms with van der Waals surface area (Å²) in [5, 5.41) is 5.10. The summed E-state index contributed by atoms with van der Waals surface area (Å²) >= 11 is 1.48. The van der Waals surface area contributed by atoms with Gasteiger partial charge in [0.1, 0.15) is 0 Å². The standard InChI is InChI=1S/C27H21N5OS/c33-26-21(17-28-15-14-19-16-29-22-11-5-4-10-20(19)22)25(18-8-2-1-3-9-18)31-32(26)27-30-23-12-6-7-13-24(23)34-27/h1-13,16-17,29,31H,14-15H2. The van der Waals surface area contributed by atoms with Crippen molar-refractivity contribution in [1.29, 1.82) is 0 Å². The van der Waals surface area contributed by atoms with E-state index in [2.05, 4.69) is 32.2 Å². The number of hydrogen-bond donors (Lipinski definition) is 2. The van der Waals surface area contributed by atoms with Gasteiger partial charge in [-0.1, -0.05) is 72.0 Å². The van der Waals surface area contributed by atoms with Gasteiger partial charge in [-0.3, -0.25) is 14.9 Å². The fourth-order valence-electron chi connectivity index (χ4n) is 4.16. The number of benzene rings is 3. The number of para-hydroxylation sites is 2. The van der Waals surface area contributed by atoms with Crippen LogP contribution in [0.5, 0.6) is 0 Å². The first kappa shape index (κ1) is 20.4. The number of nitrogens with zero attached hydrogens (tertiary/aromatic N) is 3. The summed E-state index contributed by atoms with van der Waals surface area (Å²) in [5.41, 5.74) is 5.25. The highest BCUT2D eigenvalue weighted by atomic mass is 32.1. The van der Waals surface area contributed by atoms with Crippen molar-refractivity contribution in [2.45, 2.75) is 6.42 Å². The van der Waals surface area contributed by atoms with E-state index in [-0.39, 0.29) is 5.56 Å². The summed E-state index contributed by atoms with van der Waals surface area (Å²) in [6.07, 6.45) is 4.52. The average molecular weight is 464 g/mol. The van der Waals surface area contributed by atoms with E-state index in [0.717, 1.165) is 33.4 Å². The summed E-state index contributed by atoms with van der Waals surface area (Å²) in [7, 11) is 0. The molecule has 0 unspecified atom stereocenters. The van der Waals surface area contributed by atoms with Gasteiger partial charge in [-0.05, 0) is 30.2 Å². The van der Waals surface area contributed by atoms with Crippen molar-refractivity contribution in [3.63, 3.8) is 0 Å². The third-order valence-electron chi connectivity index (χ3n) is 5.87. The van der Waals surface area contributed by atoms with Crippen LogP contribution in [0.3, 0.4) is 0 Å². The lowest BCUT2D eigenvalue weighted by Crippen LogP contribution is -2.17. The molecule has 166 valence electrons. The molecule has 0 saturated carbocycles. The molecule has 0 aliphatic heterocycles. The number of H-pyrrole nitrogens is 2. The van der Waals surface area contributed by atoms with Crippen LogP contribution in [0.2, 0.25) is 0 Å².